The van der Waals surface area contributed by atoms with E-state index in [1.807, 2.05) is 22.7 Å². The van der Waals surface area contributed by atoms with Crippen molar-refractivity contribution in [3.8, 4) is 11.1 Å². The molecule has 0 radical (unpaired) electrons. The quantitative estimate of drug-likeness (QED) is 0.0950. The molecule has 9 rings (SSSR count). The first-order valence-corrected chi connectivity index (χ1v) is 22.0. The number of rotatable bonds is 14. The number of nitrogens with one attached hydrogen (secondary N) is 2. The Balaban J connectivity index is 0.788. The lowest BCUT2D eigenvalue weighted by molar-refractivity contribution is -0.0296. The van der Waals surface area contributed by atoms with Gasteiger partial charge in [0.25, 0.3) is 12.3 Å². The highest BCUT2D eigenvalue weighted by atomic mass is 19.3. The number of anilines is 2. The normalized spacial score (nSPS) is 22.7. The molecule has 1 saturated carbocycles. The second-order valence-electron chi connectivity index (χ2n) is 17.1. The van der Waals surface area contributed by atoms with Crippen molar-refractivity contribution in [2.45, 2.75) is 102 Å². The van der Waals surface area contributed by atoms with E-state index in [9.17, 15) is 28.9 Å². The van der Waals surface area contributed by atoms with Crippen molar-refractivity contribution in [3.05, 3.63) is 72.5 Å². The predicted octanol–water partition coefficient (Wildman–Crippen LogP) is 5.31. The Morgan fingerprint density at radius 3 is 2.49 bits per heavy atom. The Labute approximate surface area is 361 Å². The SMILES string of the molecule is CCCN(CCO)c1ccn2ncc(C(=O)Nc3cn(C4CCC(CN5CCC(n6cc(-c7cc(F)cc8c7cnn8[C@@H]7CC[C@@H](O)N[C@@H]7O)cn6)CC5)CC4)nc3C(F)F)c2n1. The maximum absolute atomic E-state index is 15.1. The van der Waals surface area contributed by atoms with E-state index in [-0.39, 0.29) is 35.6 Å². The van der Waals surface area contributed by atoms with Crippen LogP contribution in [0.5, 0.6) is 0 Å². The number of hydrogen-bond donors (Lipinski definition) is 5. The minimum Gasteiger partial charge on any atom is -0.395 e. The number of carbonyl (C=O) groups excluding carboxylic acids is 1. The number of fused-ring (bicyclic) bond motifs is 2. The van der Waals surface area contributed by atoms with Gasteiger partial charge in [-0.05, 0) is 87.5 Å². The van der Waals surface area contributed by atoms with E-state index in [1.165, 1.54) is 29.0 Å². The van der Waals surface area contributed by atoms with Crippen LogP contribution < -0.4 is 15.5 Å². The maximum Gasteiger partial charge on any atom is 0.284 e. The molecule has 0 bridgehead atoms. The second kappa shape index (κ2) is 18.4. The number of piperidine rings is 2. The smallest absolute Gasteiger partial charge is 0.284 e. The Morgan fingerprint density at radius 1 is 0.952 bits per heavy atom. The zero-order valence-electron chi connectivity index (χ0n) is 35.1. The fourth-order valence-corrected chi connectivity index (χ4v) is 9.72. The Kier molecular flexibility index (Phi) is 12.5. The van der Waals surface area contributed by atoms with Gasteiger partial charge in [0.15, 0.2) is 11.3 Å². The van der Waals surface area contributed by atoms with Crippen molar-refractivity contribution in [1.82, 2.24) is 54.2 Å². The highest BCUT2D eigenvalue weighted by Gasteiger charge is 2.32. The van der Waals surface area contributed by atoms with Crippen LogP contribution in [0.4, 0.5) is 24.7 Å². The molecule has 7 heterocycles. The van der Waals surface area contributed by atoms with Crippen molar-refractivity contribution in [1.29, 1.82) is 0 Å². The Morgan fingerprint density at radius 2 is 1.75 bits per heavy atom. The molecule has 2 aliphatic heterocycles. The lowest BCUT2D eigenvalue weighted by Crippen LogP contribution is -2.48. The predicted molar refractivity (Wildman–Crippen MR) is 228 cm³/mol. The van der Waals surface area contributed by atoms with E-state index in [2.05, 4.69) is 35.8 Å². The van der Waals surface area contributed by atoms with Gasteiger partial charge in [-0.3, -0.25) is 24.2 Å². The van der Waals surface area contributed by atoms with Crippen molar-refractivity contribution in [2.24, 2.45) is 5.92 Å². The van der Waals surface area contributed by atoms with Gasteiger partial charge >= 0.3 is 0 Å². The highest BCUT2D eigenvalue weighted by molar-refractivity contribution is 6.08. The van der Waals surface area contributed by atoms with Gasteiger partial charge in [-0.25, -0.2) is 22.7 Å². The monoisotopic (exact) mass is 873 g/mol. The molecule has 3 fully saturated rings. The lowest BCUT2D eigenvalue weighted by atomic mass is 9.85. The van der Waals surface area contributed by atoms with Crippen LogP contribution >= 0.6 is 0 Å². The number of likely N-dealkylation sites (tertiary alicyclic amines) is 1. The molecule has 2 saturated heterocycles. The minimum absolute atomic E-state index is 0.0385. The number of aromatic nitrogens is 9. The van der Waals surface area contributed by atoms with Crippen molar-refractivity contribution in [2.75, 3.05) is 49.5 Å². The van der Waals surface area contributed by atoms with Crippen LogP contribution in [0.15, 0.2) is 55.4 Å². The summed E-state index contributed by atoms with van der Waals surface area (Å²) >= 11 is 0. The molecule has 1 amide bonds. The van der Waals surface area contributed by atoms with Crippen molar-refractivity contribution < 1.29 is 33.3 Å². The summed E-state index contributed by atoms with van der Waals surface area (Å²) in [6, 6.07) is 4.36. The summed E-state index contributed by atoms with van der Waals surface area (Å²) in [6.45, 7) is 5.77. The summed E-state index contributed by atoms with van der Waals surface area (Å²) in [5.41, 5.74) is 1.94. The van der Waals surface area contributed by atoms with Gasteiger partial charge in [0, 0.05) is 62.3 Å². The third-order valence-electron chi connectivity index (χ3n) is 13.0. The first-order chi connectivity index (χ1) is 30.6. The fourth-order valence-electron chi connectivity index (χ4n) is 9.72. The van der Waals surface area contributed by atoms with Crippen molar-refractivity contribution in [3.63, 3.8) is 0 Å². The van der Waals surface area contributed by atoms with E-state index in [1.54, 1.807) is 34.0 Å². The zero-order chi connectivity index (χ0) is 43.8. The van der Waals surface area contributed by atoms with Crippen LogP contribution in [0.25, 0.3) is 27.7 Å². The largest absolute Gasteiger partial charge is 0.395 e. The van der Waals surface area contributed by atoms with Gasteiger partial charge in [-0.2, -0.15) is 20.4 Å². The molecule has 1 aromatic carbocycles. The Bertz CT molecular complexity index is 2520. The number of alkyl halides is 2. The second-order valence-corrected chi connectivity index (χ2v) is 17.1. The zero-order valence-corrected chi connectivity index (χ0v) is 35.1. The van der Waals surface area contributed by atoms with Crippen LogP contribution in [0, 0.1) is 11.7 Å². The number of halogens is 3. The lowest BCUT2D eigenvalue weighted by Gasteiger charge is -2.36. The van der Waals surface area contributed by atoms with E-state index in [0.717, 1.165) is 75.5 Å². The first kappa shape index (κ1) is 42.9. The molecule has 0 spiro atoms. The van der Waals surface area contributed by atoms with E-state index in [0.29, 0.717) is 48.7 Å². The Hall–Kier alpha value is -5.41. The van der Waals surface area contributed by atoms with E-state index in [4.69, 9.17) is 5.10 Å². The molecule has 1 aliphatic carbocycles. The van der Waals surface area contributed by atoms with Crippen LogP contribution in [0.3, 0.4) is 0 Å². The van der Waals surface area contributed by atoms with E-state index >= 15 is 4.39 Å². The van der Waals surface area contributed by atoms with Gasteiger partial charge in [0.2, 0.25) is 0 Å². The number of aliphatic hydroxyl groups is 3. The van der Waals surface area contributed by atoms with Gasteiger partial charge in [-0.15, -0.1) is 0 Å². The van der Waals surface area contributed by atoms with Gasteiger partial charge in [0.05, 0.1) is 54.5 Å². The van der Waals surface area contributed by atoms with Gasteiger partial charge in [-0.1, -0.05) is 6.92 Å². The highest BCUT2D eigenvalue weighted by Crippen LogP contribution is 2.37. The van der Waals surface area contributed by atoms with Crippen LogP contribution in [-0.2, 0) is 0 Å². The average molecular weight is 874 g/mol. The summed E-state index contributed by atoms with van der Waals surface area (Å²) in [5, 5.41) is 53.9. The number of benzene rings is 1. The molecule has 6 aromatic rings. The minimum atomic E-state index is -2.89. The molecular weight excluding hydrogens is 820 g/mol. The molecule has 3 aliphatic rings. The maximum atomic E-state index is 15.1. The standard InChI is InChI=1S/C43H54F3N13O4/c1-2-12-55(16-17-60)37-11-15-56-41(51-37)33(22-48-56)42(62)50-34-25-58(53-39(34)40(45)46)29-5-3-26(4-6-29)23-54-13-9-30(10-14-54)57-24-27(20-47-57)31-18-28(44)19-36-32(31)21-49-59(36)35-7-8-38(61)52-43(35)63/h11,15,18-22,24-26,29-30,35,38,40,43,52,60-61,63H,2-10,12-14,16-17,23H2,1H3,(H,50,62)/t26?,29?,35-,38-,43-/m1/s1. The number of amides is 1. The molecule has 336 valence electrons. The summed E-state index contributed by atoms with van der Waals surface area (Å²) in [4.78, 5) is 22.5. The molecule has 20 heteroatoms. The number of carbonyl (C=O) groups is 1. The number of nitrogens with zero attached hydrogens (tertiary/aromatic N) is 11. The summed E-state index contributed by atoms with van der Waals surface area (Å²) in [7, 11) is 0. The van der Waals surface area contributed by atoms with Crippen molar-refractivity contribution >= 4 is 34.0 Å². The summed E-state index contributed by atoms with van der Waals surface area (Å²) in [5.74, 6) is 0.0130. The average Bonchev–Trinajstić information content (AvgIpc) is 4.10. The number of aliphatic hydroxyl groups excluding tert-OH is 3. The molecule has 5 N–H and O–H groups in total. The molecular formula is C43H54F3N13O4. The van der Waals surface area contributed by atoms with Crippen LogP contribution in [0.1, 0.15) is 105 Å². The molecule has 3 atom stereocenters. The fraction of sp³-hybridized carbons (Fsp3) is 0.535. The van der Waals surface area contributed by atoms with E-state index < -0.39 is 42.3 Å². The topological polar surface area (TPSA) is 192 Å². The molecule has 63 heavy (non-hydrogen) atoms. The first-order valence-electron chi connectivity index (χ1n) is 22.0. The molecule has 0 unspecified atom stereocenters. The van der Waals surface area contributed by atoms with Gasteiger partial charge < -0.3 is 30.4 Å². The number of hydrogen-bond acceptors (Lipinski definition) is 12. The summed E-state index contributed by atoms with van der Waals surface area (Å²) < 4.78 is 50.3. The summed E-state index contributed by atoms with van der Waals surface area (Å²) in [6.07, 6.45) is 12.3. The third-order valence-corrected chi connectivity index (χ3v) is 13.0. The molecule has 5 aromatic heterocycles. The molecule has 17 nitrogen and oxygen atoms in total. The van der Waals surface area contributed by atoms with Gasteiger partial charge in [0.1, 0.15) is 29.7 Å². The van der Waals surface area contributed by atoms with Crippen LogP contribution in [0.2, 0.25) is 0 Å². The van der Waals surface area contributed by atoms with Crippen LogP contribution in [-0.4, -0.2) is 122 Å². The third kappa shape index (κ3) is 8.91.